The van der Waals surface area contributed by atoms with E-state index in [-0.39, 0.29) is 25.2 Å². The number of nitrogens with zero attached hydrogens (tertiary/aromatic N) is 1. The number of amides is 3. The van der Waals surface area contributed by atoms with Crippen LogP contribution in [0.5, 0.6) is 0 Å². The van der Waals surface area contributed by atoms with Gasteiger partial charge < -0.3 is 5.32 Å². The fourth-order valence-corrected chi connectivity index (χ4v) is 2.55. The van der Waals surface area contributed by atoms with Gasteiger partial charge in [0, 0.05) is 6.54 Å². The van der Waals surface area contributed by atoms with Crippen molar-refractivity contribution in [2.24, 2.45) is 5.92 Å². The Bertz CT molecular complexity index is 607. The van der Waals surface area contributed by atoms with Gasteiger partial charge in [-0.2, -0.15) is 13.2 Å². The first-order valence-corrected chi connectivity index (χ1v) is 7.40. The quantitative estimate of drug-likeness (QED) is 0.827. The second kappa shape index (κ2) is 7.61. The Morgan fingerprint density at radius 1 is 1.25 bits per heavy atom. The molecule has 0 unspecified atom stereocenters. The molecular formula is C15H17F4N3O2. The van der Waals surface area contributed by atoms with Gasteiger partial charge in [0.25, 0.3) is 0 Å². The average Bonchev–Trinajstić information content (AvgIpc) is 2.49. The minimum atomic E-state index is -4.29. The number of carbonyl (C=O) groups is 2. The van der Waals surface area contributed by atoms with E-state index in [0.717, 1.165) is 6.07 Å². The topological polar surface area (TPSA) is 61.4 Å². The standard InChI is InChI=1S/C15H17F4N3O2/c16-11-5-1-2-6-12(11)20-14(24)21-13(23)9-22-7-3-4-10(8-22)15(17,18)19/h1-2,5-6,10H,3-4,7-9H2,(H2,20,21,23,24)/t10-/m0/s1. The summed E-state index contributed by atoms with van der Waals surface area (Å²) in [6.45, 7) is -0.238. The lowest BCUT2D eigenvalue weighted by Crippen LogP contribution is -2.47. The first-order valence-electron chi connectivity index (χ1n) is 7.40. The van der Waals surface area contributed by atoms with Gasteiger partial charge in [-0.05, 0) is 31.5 Å². The van der Waals surface area contributed by atoms with E-state index in [1.54, 1.807) is 0 Å². The second-order valence-corrected chi connectivity index (χ2v) is 5.60. The Kier molecular flexibility index (Phi) is 5.76. The molecule has 0 aromatic heterocycles. The van der Waals surface area contributed by atoms with Crippen molar-refractivity contribution in [2.45, 2.75) is 19.0 Å². The first kappa shape index (κ1) is 18.2. The molecule has 0 aliphatic carbocycles. The molecule has 1 fully saturated rings. The summed E-state index contributed by atoms with van der Waals surface area (Å²) < 4.78 is 51.5. The highest BCUT2D eigenvalue weighted by Gasteiger charge is 2.41. The Morgan fingerprint density at radius 2 is 1.96 bits per heavy atom. The maximum absolute atomic E-state index is 13.4. The van der Waals surface area contributed by atoms with Gasteiger partial charge in [0.2, 0.25) is 5.91 Å². The molecule has 2 rings (SSSR count). The summed E-state index contributed by atoms with van der Waals surface area (Å²) in [5, 5.41) is 4.14. The smallest absolute Gasteiger partial charge is 0.305 e. The van der Waals surface area contributed by atoms with E-state index >= 15 is 0 Å². The number of urea groups is 1. The molecule has 1 aromatic carbocycles. The monoisotopic (exact) mass is 347 g/mol. The minimum absolute atomic E-state index is 0.0371. The van der Waals surface area contributed by atoms with Crippen molar-refractivity contribution < 1.29 is 27.2 Å². The van der Waals surface area contributed by atoms with Crippen LogP contribution >= 0.6 is 0 Å². The highest BCUT2D eigenvalue weighted by atomic mass is 19.4. The van der Waals surface area contributed by atoms with Crippen LogP contribution in [0.4, 0.5) is 28.0 Å². The number of likely N-dealkylation sites (tertiary alicyclic amines) is 1. The van der Waals surface area contributed by atoms with Crippen molar-refractivity contribution in [1.29, 1.82) is 0 Å². The Balaban J connectivity index is 1.82. The third-order valence-corrected chi connectivity index (χ3v) is 3.71. The van der Waals surface area contributed by atoms with Crippen molar-refractivity contribution >= 4 is 17.6 Å². The van der Waals surface area contributed by atoms with E-state index in [1.807, 2.05) is 5.32 Å². The van der Waals surface area contributed by atoms with Crippen molar-refractivity contribution in [3.8, 4) is 0 Å². The molecular weight excluding hydrogens is 330 g/mol. The number of nitrogens with one attached hydrogen (secondary N) is 2. The molecule has 1 saturated heterocycles. The molecule has 1 aromatic rings. The Hall–Kier alpha value is -2.16. The van der Waals surface area contributed by atoms with E-state index in [1.165, 1.54) is 23.1 Å². The predicted octanol–water partition coefficient (Wildman–Crippen LogP) is 2.75. The van der Waals surface area contributed by atoms with E-state index in [0.29, 0.717) is 13.0 Å². The third kappa shape index (κ3) is 5.19. The molecule has 1 atom stereocenters. The van der Waals surface area contributed by atoms with Crippen LogP contribution in [0.15, 0.2) is 24.3 Å². The van der Waals surface area contributed by atoms with E-state index in [9.17, 15) is 27.2 Å². The zero-order valence-electron chi connectivity index (χ0n) is 12.7. The maximum atomic E-state index is 13.4. The van der Waals surface area contributed by atoms with E-state index in [2.05, 4.69) is 5.32 Å². The van der Waals surface area contributed by atoms with Crippen LogP contribution in [-0.2, 0) is 4.79 Å². The third-order valence-electron chi connectivity index (χ3n) is 3.71. The molecule has 1 aliphatic heterocycles. The molecule has 0 spiro atoms. The number of anilines is 1. The highest BCUT2D eigenvalue weighted by Crippen LogP contribution is 2.32. The van der Waals surface area contributed by atoms with Gasteiger partial charge in [-0.25, -0.2) is 9.18 Å². The first-order chi connectivity index (χ1) is 11.3. The van der Waals surface area contributed by atoms with Crippen molar-refractivity contribution in [2.75, 3.05) is 25.0 Å². The maximum Gasteiger partial charge on any atom is 0.393 e. The molecule has 0 bridgehead atoms. The van der Waals surface area contributed by atoms with Crippen LogP contribution in [0.1, 0.15) is 12.8 Å². The van der Waals surface area contributed by atoms with Gasteiger partial charge in [-0.15, -0.1) is 0 Å². The number of alkyl halides is 3. The molecule has 132 valence electrons. The van der Waals surface area contributed by atoms with Gasteiger partial charge in [-0.3, -0.25) is 15.0 Å². The predicted molar refractivity (Wildman–Crippen MR) is 78.8 cm³/mol. The van der Waals surface area contributed by atoms with E-state index in [4.69, 9.17) is 0 Å². The van der Waals surface area contributed by atoms with Gasteiger partial charge in [0.05, 0.1) is 18.2 Å². The summed E-state index contributed by atoms with van der Waals surface area (Å²) in [5.74, 6) is -2.87. The number of hydrogen-bond donors (Lipinski definition) is 2. The molecule has 0 saturated carbocycles. The number of hydrogen-bond acceptors (Lipinski definition) is 3. The fraction of sp³-hybridized carbons (Fsp3) is 0.467. The number of piperidine rings is 1. The second-order valence-electron chi connectivity index (χ2n) is 5.60. The highest BCUT2D eigenvalue weighted by molar-refractivity contribution is 6.01. The number of halogens is 4. The summed E-state index contributed by atoms with van der Waals surface area (Å²) in [6, 6.07) is 4.47. The SMILES string of the molecule is O=C(CN1CCC[C@H](C(F)(F)F)C1)NC(=O)Nc1ccccc1F. The van der Waals surface area contributed by atoms with Crippen LogP contribution in [0.3, 0.4) is 0 Å². The minimum Gasteiger partial charge on any atom is -0.305 e. The molecule has 1 heterocycles. The van der Waals surface area contributed by atoms with Crippen LogP contribution in [0.25, 0.3) is 0 Å². The van der Waals surface area contributed by atoms with Crippen molar-refractivity contribution in [3.63, 3.8) is 0 Å². The average molecular weight is 347 g/mol. The van der Waals surface area contributed by atoms with Gasteiger partial charge >= 0.3 is 12.2 Å². The zero-order chi connectivity index (χ0) is 17.7. The van der Waals surface area contributed by atoms with Crippen molar-refractivity contribution in [3.05, 3.63) is 30.1 Å². The fourth-order valence-electron chi connectivity index (χ4n) is 2.55. The lowest BCUT2D eigenvalue weighted by molar-refractivity contribution is -0.187. The molecule has 9 heteroatoms. The van der Waals surface area contributed by atoms with Crippen molar-refractivity contribution in [1.82, 2.24) is 10.2 Å². The zero-order valence-corrected chi connectivity index (χ0v) is 12.7. The molecule has 1 aliphatic rings. The normalized spacial score (nSPS) is 18.9. The van der Waals surface area contributed by atoms with Gasteiger partial charge in [-0.1, -0.05) is 12.1 Å². The van der Waals surface area contributed by atoms with Crippen LogP contribution in [-0.4, -0.2) is 42.6 Å². The lowest BCUT2D eigenvalue weighted by atomic mass is 9.97. The summed E-state index contributed by atoms with van der Waals surface area (Å²) in [7, 11) is 0. The summed E-state index contributed by atoms with van der Waals surface area (Å²) in [5.41, 5.74) is -0.0992. The number of carbonyl (C=O) groups excluding carboxylic acids is 2. The molecule has 3 amide bonds. The lowest BCUT2D eigenvalue weighted by Gasteiger charge is -2.33. The molecule has 5 nitrogen and oxygen atoms in total. The number of benzene rings is 1. The summed E-state index contributed by atoms with van der Waals surface area (Å²) >= 11 is 0. The Labute approximate surface area is 136 Å². The van der Waals surface area contributed by atoms with Gasteiger partial charge in [0.1, 0.15) is 5.82 Å². The summed E-state index contributed by atoms with van der Waals surface area (Å²) in [4.78, 5) is 24.8. The number of rotatable bonds is 3. The van der Waals surface area contributed by atoms with Gasteiger partial charge in [0.15, 0.2) is 0 Å². The van der Waals surface area contributed by atoms with Crippen LogP contribution < -0.4 is 10.6 Å². The number of para-hydroxylation sites is 1. The molecule has 0 radical (unpaired) electrons. The van der Waals surface area contributed by atoms with Crippen LogP contribution in [0.2, 0.25) is 0 Å². The Morgan fingerprint density at radius 3 is 2.62 bits per heavy atom. The number of imide groups is 1. The van der Waals surface area contributed by atoms with E-state index < -0.39 is 29.8 Å². The molecule has 2 N–H and O–H groups in total. The largest absolute Gasteiger partial charge is 0.393 e. The molecule has 24 heavy (non-hydrogen) atoms. The summed E-state index contributed by atoms with van der Waals surface area (Å²) in [6.07, 6.45) is -3.92. The van der Waals surface area contributed by atoms with Crippen LogP contribution in [0, 0.1) is 11.7 Å².